The van der Waals surface area contributed by atoms with E-state index in [0.29, 0.717) is 0 Å². The number of Topliss-reactive ketones (excluding diaryl/α,β-unsaturated/α-hetero) is 1. The van der Waals surface area contributed by atoms with E-state index in [1.54, 1.807) is 6.92 Å². The van der Waals surface area contributed by atoms with Crippen molar-refractivity contribution in [3.05, 3.63) is 46.0 Å². The van der Waals surface area contributed by atoms with Crippen LogP contribution in [0.5, 0.6) is 0 Å². The summed E-state index contributed by atoms with van der Waals surface area (Å²) in [5.41, 5.74) is 0.775. The summed E-state index contributed by atoms with van der Waals surface area (Å²) in [5, 5.41) is 13.6. The monoisotopic (exact) mass is 242 g/mol. The molecule has 1 aromatic rings. The zero-order chi connectivity index (χ0) is 13.8. The lowest BCUT2D eigenvalue weighted by Gasteiger charge is -1.90. The number of carbonyl (C=O) groups excluding carboxylic acids is 1. The van der Waals surface area contributed by atoms with Crippen molar-refractivity contribution in [3.8, 4) is 0 Å². The van der Waals surface area contributed by atoms with Crippen LogP contribution in [0.15, 0.2) is 30.3 Å². The van der Waals surface area contributed by atoms with Gasteiger partial charge in [0.1, 0.15) is 0 Å². The first-order valence-corrected chi connectivity index (χ1v) is 4.77. The van der Waals surface area contributed by atoms with Crippen molar-refractivity contribution in [3.63, 3.8) is 0 Å². The van der Waals surface area contributed by atoms with Crippen LogP contribution in [0, 0.1) is 10.1 Å². The molecule has 0 bridgehead atoms. The van der Waals surface area contributed by atoms with Crippen LogP contribution in [-0.4, -0.2) is 42.1 Å². The van der Waals surface area contributed by atoms with Gasteiger partial charge in [-0.05, 0) is 28.1 Å². The average Bonchev–Trinajstić information content (AvgIpc) is 2.17. The molecule has 0 spiro atoms. The van der Waals surface area contributed by atoms with Crippen LogP contribution in [0.1, 0.15) is 17.3 Å². The fourth-order valence-corrected chi connectivity index (χ4v) is 0.673. The Labute approximate surface area is 101 Å². The van der Waals surface area contributed by atoms with E-state index in [4.69, 9.17) is 15.3 Å². The number of rotatable bonds is 1. The third kappa shape index (κ3) is 20.2. The number of benzene rings is 1. The second kappa shape index (κ2) is 10.6. The molecule has 0 aliphatic carbocycles. The minimum atomic E-state index is -1.50. The molecule has 1 N–H and O–H groups in total. The van der Waals surface area contributed by atoms with Crippen LogP contribution in [0.25, 0.3) is 0 Å². The summed E-state index contributed by atoms with van der Waals surface area (Å²) in [4.78, 5) is 21.0. The molecule has 0 radical (unpaired) electrons. The maximum atomic E-state index is 10.6. The molecule has 6 heteroatoms. The van der Waals surface area contributed by atoms with Gasteiger partial charge in [0.05, 0.1) is 0 Å². The van der Waals surface area contributed by atoms with Gasteiger partial charge >= 0.3 is 0 Å². The lowest BCUT2D eigenvalue weighted by Crippen LogP contribution is -1.99. The Morgan fingerprint density at radius 3 is 1.71 bits per heavy atom. The smallest absolute Gasteiger partial charge is 0.291 e. The molecule has 1 aromatic carbocycles. The Morgan fingerprint density at radius 2 is 1.53 bits per heavy atom. The van der Waals surface area contributed by atoms with Crippen LogP contribution < -0.4 is 0 Å². The molecule has 17 heavy (non-hydrogen) atoms. The largest absolute Gasteiger partial charge is 0.328 e. The molecular formula is C11H18N2O4. The van der Waals surface area contributed by atoms with Gasteiger partial charge in [-0.3, -0.25) is 4.79 Å². The van der Waals surface area contributed by atoms with E-state index in [-0.39, 0.29) is 5.78 Å². The number of ketones is 1. The van der Waals surface area contributed by atoms with E-state index >= 15 is 0 Å². The van der Waals surface area contributed by atoms with E-state index in [1.165, 1.54) is 0 Å². The first-order chi connectivity index (χ1) is 7.77. The van der Waals surface area contributed by atoms with Gasteiger partial charge in [-0.15, -0.1) is 10.1 Å². The van der Waals surface area contributed by atoms with Gasteiger partial charge < -0.3 is 10.1 Å². The highest BCUT2D eigenvalue weighted by atomic mass is 16.9. The lowest BCUT2D eigenvalue weighted by molar-refractivity contribution is -0.742. The molecule has 0 amide bonds. The normalized spacial score (nSPS) is 8.29. The van der Waals surface area contributed by atoms with Gasteiger partial charge in [-0.25, -0.2) is 0 Å². The maximum Gasteiger partial charge on any atom is 0.291 e. The summed E-state index contributed by atoms with van der Waals surface area (Å²) >= 11 is 0. The first kappa shape index (κ1) is 17.4. The predicted octanol–water partition coefficient (Wildman–Crippen LogP) is 1.72. The van der Waals surface area contributed by atoms with Crippen LogP contribution >= 0.6 is 0 Å². The molecular weight excluding hydrogens is 224 g/mol. The Bertz CT molecular complexity index is 319. The molecule has 0 aliphatic rings. The fraction of sp³-hybridized carbons (Fsp3) is 0.364. The SMILES string of the molecule is CC(=O)c1ccccc1.CN(C)C.O=[N+]([O-])O. The van der Waals surface area contributed by atoms with E-state index < -0.39 is 5.09 Å². The number of hydrogen-bond donors (Lipinski definition) is 1. The number of nitrogens with zero attached hydrogens (tertiary/aromatic N) is 2. The third-order valence-electron chi connectivity index (χ3n) is 1.18. The fourth-order valence-electron chi connectivity index (χ4n) is 0.673. The van der Waals surface area contributed by atoms with Crippen molar-refractivity contribution in [2.24, 2.45) is 0 Å². The molecule has 1 rings (SSSR count). The van der Waals surface area contributed by atoms with E-state index in [2.05, 4.69) is 0 Å². The molecule has 0 aliphatic heterocycles. The first-order valence-electron chi connectivity index (χ1n) is 4.77. The molecule has 0 heterocycles. The highest BCUT2D eigenvalue weighted by Gasteiger charge is 1.92. The summed E-state index contributed by atoms with van der Waals surface area (Å²) in [7, 11) is 6.00. The van der Waals surface area contributed by atoms with Gasteiger partial charge in [0, 0.05) is 5.56 Å². The second-order valence-corrected chi connectivity index (χ2v) is 3.50. The molecule has 0 fully saturated rings. The van der Waals surface area contributed by atoms with Crippen molar-refractivity contribution in [2.75, 3.05) is 21.1 Å². The lowest BCUT2D eigenvalue weighted by atomic mass is 10.2. The average molecular weight is 242 g/mol. The summed E-state index contributed by atoms with van der Waals surface area (Å²) in [6.07, 6.45) is 0. The zero-order valence-corrected chi connectivity index (χ0v) is 10.5. The van der Waals surface area contributed by atoms with Gasteiger partial charge in [0.2, 0.25) is 0 Å². The maximum absolute atomic E-state index is 10.6. The van der Waals surface area contributed by atoms with Gasteiger partial charge in [0.25, 0.3) is 5.09 Å². The summed E-state index contributed by atoms with van der Waals surface area (Å²) in [6.45, 7) is 1.56. The van der Waals surface area contributed by atoms with Crippen molar-refractivity contribution in [1.29, 1.82) is 0 Å². The Hall–Kier alpha value is -1.95. The summed E-state index contributed by atoms with van der Waals surface area (Å²) in [5.74, 6) is 0.121. The van der Waals surface area contributed by atoms with E-state index in [1.807, 2.05) is 56.4 Å². The standard InChI is InChI=1S/C8H8O.C3H9N.HNO3/c1-7(9)8-5-3-2-4-6-8;1-4(2)3;2-1(3)4/h2-6H,1H3;1-3H3;(H,2,3,4). The van der Waals surface area contributed by atoms with Crippen LogP contribution in [0.2, 0.25) is 0 Å². The second-order valence-electron chi connectivity index (χ2n) is 3.50. The zero-order valence-electron chi connectivity index (χ0n) is 10.5. The third-order valence-corrected chi connectivity index (χ3v) is 1.18. The van der Waals surface area contributed by atoms with Crippen molar-refractivity contribution in [2.45, 2.75) is 6.92 Å². The molecule has 0 saturated heterocycles. The highest BCUT2D eigenvalue weighted by Crippen LogP contribution is 1.97. The molecule has 0 atom stereocenters. The van der Waals surface area contributed by atoms with Gasteiger partial charge in [0.15, 0.2) is 5.78 Å². The Balaban J connectivity index is 0. The van der Waals surface area contributed by atoms with Crippen molar-refractivity contribution < 1.29 is 15.1 Å². The van der Waals surface area contributed by atoms with Gasteiger partial charge in [-0.1, -0.05) is 30.3 Å². The van der Waals surface area contributed by atoms with Crippen LogP contribution in [0.3, 0.4) is 0 Å². The minimum Gasteiger partial charge on any atom is -0.328 e. The van der Waals surface area contributed by atoms with E-state index in [0.717, 1.165) is 5.56 Å². The summed E-state index contributed by atoms with van der Waals surface area (Å²) in [6, 6.07) is 9.23. The topological polar surface area (TPSA) is 83.7 Å². The number of hydrogen-bond acceptors (Lipinski definition) is 4. The molecule has 0 unspecified atom stereocenters. The predicted molar refractivity (Wildman–Crippen MR) is 64.8 cm³/mol. The van der Waals surface area contributed by atoms with Crippen LogP contribution in [0.4, 0.5) is 0 Å². The molecule has 0 aromatic heterocycles. The van der Waals surface area contributed by atoms with E-state index in [9.17, 15) is 4.79 Å². The highest BCUT2D eigenvalue weighted by molar-refractivity contribution is 5.93. The van der Waals surface area contributed by atoms with Crippen molar-refractivity contribution in [1.82, 2.24) is 4.90 Å². The van der Waals surface area contributed by atoms with Crippen LogP contribution in [-0.2, 0) is 0 Å². The molecule has 0 saturated carbocycles. The quantitative estimate of drug-likeness (QED) is 0.460. The summed E-state index contributed by atoms with van der Waals surface area (Å²) < 4.78 is 0. The van der Waals surface area contributed by atoms with Crippen molar-refractivity contribution >= 4 is 5.78 Å². The molecule has 6 nitrogen and oxygen atoms in total. The van der Waals surface area contributed by atoms with Gasteiger partial charge in [-0.2, -0.15) is 0 Å². The molecule has 96 valence electrons. The Kier molecular flexibility index (Phi) is 10.8. The number of carbonyl (C=O) groups is 1. The minimum absolute atomic E-state index is 0.121. The Morgan fingerprint density at radius 1 is 1.24 bits per heavy atom.